The number of anilines is 4. The zero-order chi connectivity index (χ0) is 14.1. The fraction of sp³-hybridized carbons (Fsp3) is 0.133. The van der Waals surface area contributed by atoms with E-state index in [2.05, 4.69) is 22.8 Å². The molecule has 0 fully saturated rings. The van der Waals surface area contributed by atoms with Gasteiger partial charge in [0.2, 0.25) is 5.91 Å². The number of thioether (sulfide) groups is 1. The molecule has 5 heteroatoms. The van der Waals surface area contributed by atoms with E-state index >= 15 is 0 Å². The van der Waals surface area contributed by atoms with Gasteiger partial charge in [0.05, 0.1) is 17.8 Å². The van der Waals surface area contributed by atoms with E-state index in [1.54, 1.807) is 11.8 Å². The highest BCUT2D eigenvalue weighted by molar-refractivity contribution is 7.98. The summed E-state index contributed by atoms with van der Waals surface area (Å²) in [6.07, 6.45) is 2.45. The van der Waals surface area contributed by atoms with E-state index in [0.717, 1.165) is 22.6 Å². The maximum atomic E-state index is 11.4. The van der Waals surface area contributed by atoms with Crippen molar-refractivity contribution in [3.05, 3.63) is 42.0 Å². The number of benzene rings is 2. The average molecular weight is 285 g/mol. The number of amides is 1. The zero-order valence-corrected chi connectivity index (χ0v) is 11.9. The first-order chi connectivity index (χ1) is 9.65. The minimum absolute atomic E-state index is 0.0147. The Labute approximate surface area is 121 Å². The van der Waals surface area contributed by atoms with Gasteiger partial charge in [-0.2, -0.15) is 0 Å². The van der Waals surface area contributed by atoms with Crippen LogP contribution in [-0.4, -0.2) is 12.2 Å². The van der Waals surface area contributed by atoms with Crippen molar-refractivity contribution in [2.75, 3.05) is 22.6 Å². The predicted octanol–water partition coefficient (Wildman–Crippen LogP) is 3.23. The molecule has 0 spiro atoms. The summed E-state index contributed by atoms with van der Waals surface area (Å²) in [5.41, 5.74) is 10.3. The topological polar surface area (TPSA) is 67.1 Å². The third kappa shape index (κ3) is 2.44. The Bertz CT molecular complexity index is 668. The third-order valence-corrected chi connectivity index (χ3v) is 4.01. The molecule has 3 rings (SSSR count). The Balaban J connectivity index is 1.87. The Morgan fingerprint density at radius 2 is 2.00 bits per heavy atom. The van der Waals surface area contributed by atoms with Crippen LogP contribution in [0.3, 0.4) is 0 Å². The van der Waals surface area contributed by atoms with E-state index in [0.29, 0.717) is 12.1 Å². The van der Waals surface area contributed by atoms with E-state index in [1.807, 2.05) is 30.5 Å². The van der Waals surface area contributed by atoms with E-state index in [-0.39, 0.29) is 5.91 Å². The summed E-state index contributed by atoms with van der Waals surface area (Å²) in [6.45, 7) is 0. The first-order valence-electron chi connectivity index (χ1n) is 6.29. The first kappa shape index (κ1) is 12.9. The van der Waals surface area contributed by atoms with Crippen molar-refractivity contribution in [2.45, 2.75) is 11.3 Å². The van der Waals surface area contributed by atoms with Crippen LogP contribution in [0.4, 0.5) is 22.7 Å². The molecule has 2 aromatic carbocycles. The molecule has 102 valence electrons. The molecule has 1 aliphatic heterocycles. The van der Waals surface area contributed by atoms with Crippen LogP contribution in [0.25, 0.3) is 0 Å². The van der Waals surface area contributed by atoms with Crippen molar-refractivity contribution in [3.8, 4) is 0 Å². The highest BCUT2D eigenvalue weighted by Crippen LogP contribution is 2.33. The Hall–Kier alpha value is -2.14. The second kappa shape index (κ2) is 5.09. The van der Waals surface area contributed by atoms with Crippen LogP contribution < -0.4 is 16.4 Å². The number of nitrogens with one attached hydrogen (secondary N) is 2. The van der Waals surface area contributed by atoms with Crippen LogP contribution in [0, 0.1) is 0 Å². The second-order valence-electron chi connectivity index (χ2n) is 4.68. The van der Waals surface area contributed by atoms with Gasteiger partial charge in [-0.15, -0.1) is 11.8 Å². The van der Waals surface area contributed by atoms with Gasteiger partial charge in [-0.3, -0.25) is 4.79 Å². The Morgan fingerprint density at radius 3 is 2.70 bits per heavy atom. The number of nitrogen functional groups attached to an aromatic ring is 1. The van der Waals surface area contributed by atoms with Crippen LogP contribution in [0.2, 0.25) is 0 Å². The number of hydrogen-bond donors (Lipinski definition) is 3. The third-order valence-electron chi connectivity index (χ3n) is 3.27. The van der Waals surface area contributed by atoms with Crippen LogP contribution in [0.5, 0.6) is 0 Å². The lowest BCUT2D eigenvalue weighted by Crippen LogP contribution is -2.03. The molecule has 1 amide bonds. The number of hydrogen-bond acceptors (Lipinski definition) is 4. The van der Waals surface area contributed by atoms with Crippen molar-refractivity contribution >= 4 is 40.4 Å². The molecule has 0 atom stereocenters. The molecule has 0 aromatic heterocycles. The number of rotatable bonds is 3. The van der Waals surface area contributed by atoms with Gasteiger partial charge >= 0.3 is 0 Å². The fourth-order valence-electron chi connectivity index (χ4n) is 2.23. The summed E-state index contributed by atoms with van der Waals surface area (Å²) >= 11 is 1.70. The normalized spacial score (nSPS) is 12.9. The van der Waals surface area contributed by atoms with Gasteiger partial charge in [0.1, 0.15) is 0 Å². The first-order valence-corrected chi connectivity index (χ1v) is 7.51. The smallest absolute Gasteiger partial charge is 0.228 e. The van der Waals surface area contributed by atoms with Crippen LogP contribution >= 0.6 is 11.8 Å². The number of carbonyl (C=O) groups excluding carboxylic acids is 1. The van der Waals surface area contributed by atoms with Gasteiger partial charge in [-0.05, 0) is 48.2 Å². The van der Waals surface area contributed by atoms with E-state index in [1.165, 1.54) is 4.90 Å². The van der Waals surface area contributed by atoms with Crippen molar-refractivity contribution in [3.63, 3.8) is 0 Å². The standard InChI is InChI=1S/C15H15N3OS/c1-20-11-4-2-10(3-5-11)17-14-8-13-9(6-12(14)16)7-15(19)18-13/h2-6,8,17H,7,16H2,1H3,(H,18,19). The summed E-state index contributed by atoms with van der Waals surface area (Å²) in [4.78, 5) is 12.6. The summed E-state index contributed by atoms with van der Waals surface area (Å²) < 4.78 is 0. The molecule has 2 aromatic rings. The van der Waals surface area contributed by atoms with Crippen molar-refractivity contribution < 1.29 is 4.79 Å². The SMILES string of the molecule is CSc1ccc(Nc2cc3c(cc2N)CC(=O)N3)cc1. The van der Waals surface area contributed by atoms with Gasteiger partial charge in [-0.1, -0.05) is 0 Å². The highest BCUT2D eigenvalue weighted by atomic mass is 32.2. The summed E-state index contributed by atoms with van der Waals surface area (Å²) in [5, 5.41) is 6.11. The largest absolute Gasteiger partial charge is 0.397 e. The number of nitrogens with two attached hydrogens (primary N) is 1. The van der Waals surface area contributed by atoms with Gasteiger partial charge in [-0.25, -0.2) is 0 Å². The maximum Gasteiger partial charge on any atom is 0.228 e. The molecule has 0 aliphatic carbocycles. The summed E-state index contributed by atoms with van der Waals surface area (Å²) in [7, 11) is 0. The van der Waals surface area contributed by atoms with Crippen LogP contribution in [0.1, 0.15) is 5.56 Å². The molecule has 0 unspecified atom stereocenters. The lowest BCUT2D eigenvalue weighted by molar-refractivity contribution is -0.115. The number of carbonyl (C=O) groups is 1. The molecule has 1 heterocycles. The molecule has 0 bridgehead atoms. The van der Waals surface area contributed by atoms with E-state index in [9.17, 15) is 4.79 Å². The molecule has 4 nitrogen and oxygen atoms in total. The van der Waals surface area contributed by atoms with Gasteiger partial charge in [0.15, 0.2) is 0 Å². The average Bonchev–Trinajstić information content (AvgIpc) is 2.79. The second-order valence-corrected chi connectivity index (χ2v) is 5.55. The number of fused-ring (bicyclic) bond motifs is 1. The molecule has 0 saturated heterocycles. The molecule has 1 aliphatic rings. The van der Waals surface area contributed by atoms with Gasteiger partial charge in [0.25, 0.3) is 0 Å². The summed E-state index contributed by atoms with van der Waals surface area (Å²) in [5.74, 6) is 0.0147. The lowest BCUT2D eigenvalue weighted by Gasteiger charge is -2.12. The van der Waals surface area contributed by atoms with E-state index < -0.39 is 0 Å². The molecule has 0 radical (unpaired) electrons. The lowest BCUT2D eigenvalue weighted by atomic mass is 10.1. The minimum Gasteiger partial charge on any atom is -0.397 e. The monoisotopic (exact) mass is 285 g/mol. The van der Waals surface area contributed by atoms with E-state index in [4.69, 9.17) is 5.73 Å². The zero-order valence-electron chi connectivity index (χ0n) is 11.1. The van der Waals surface area contributed by atoms with Gasteiger partial charge in [0, 0.05) is 16.3 Å². The highest BCUT2D eigenvalue weighted by Gasteiger charge is 2.19. The molecule has 20 heavy (non-hydrogen) atoms. The molecule has 4 N–H and O–H groups in total. The fourth-order valence-corrected chi connectivity index (χ4v) is 2.64. The minimum atomic E-state index is 0.0147. The van der Waals surface area contributed by atoms with Gasteiger partial charge < -0.3 is 16.4 Å². The molecular weight excluding hydrogens is 270 g/mol. The molecule has 0 saturated carbocycles. The van der Waals surface area contributed by atoms with Crippen molar-refractivity contribution in [1.29, 1.82) is 0 Å². The van der Waals surface area contributed by atoms with Crippen LogP contribution in [-0.2, 0) is 11.2 Å². The Kier molecular flexibility index (Phi) is 3.28. The van der Waals surface area contributed by atoms with Crippen LogP contribution in [0.15, 0.2) is 41.3 Å². The quantitative estimate of drug-likeness (QED) is 0.598. The Morgan fingerprint density at radius 1 is 1.25 bits per heavy atom. The van der Waals surface area contributed by atoms with Crippen molar-refractivity contribution in [1.82, 2.24) is 0 Å². The maximum absolute atomic E-state index is 11.4. The predicted molar refractivity (Wildman–Crippen MR) is 84.7 cm³/mol. The molecular formula is C15H15N3OS. The van der Waals surface area contributed by atoms with Crippen molar-refractivity contribution in [2.24, 2.45) is 0 Å². The summed E-state index contributed by atoms with van der Waals surface area (Å²) in [6, 6.07) is 11.9.